The van der Waals surface area contributed by atoms with Gasteiger partial charge in [0.05, 0.1) is 0 Å². The molecule has 10 heavy (non-hydrogen) atoms. The van der Waals surface area contributed by atoms with Crippen LogP contribution in [0.1, 0.15) is 18.2 Å². The lowest BCUT2D eigenvalue weighted by molar-refractivity contribution is 0.969. The minimum Gasteiger partial charge on any atom is -0.371 e. The molecule has 1 heterocycles. The molecule has 3 heteroatoms. The third-order valence-electron chi connectivity index (χ3n) is 1.70. The van der Waals surface area contributed by atoms with Crippen LogP contribution >= 0.6 is 0 Å². The lowest BCUT2D eigenvalue weighted by Crippen LogP contribution is -1.89. The average molecular weight is 139 g/mol. The molecule has 1 rings (SSSR count). The van der Waals surface area contributed by atoms with Crippen LogP contribution in [0, 0.1) is 6.92 Å². The lowest BCUT2D eigenvalue weighted by atomic mass is 10.2. The van der Waals surface area contributed by atoms with Crippen molar-refractivity contribution in [2.45, 2.75) is 20.3 Å². The van der Waals surface area contributed by atoms with E-state index in [0.717, 1.165) is 12.2 Å². The van der Waals surface area contributed by atoms with Gasteiger partial charge in [-0.15, -0.1) is 0 Å². The fraction of sp³-hybridized carbons (Fsp3) is 0.571. The average Bonchev–Trinajstić information content (AvgIpc) is 2.30. The van der Waals surface area contributed by atoms with E-state index in [4.69, 9.17) is 0 Å². The molecular formula is C7H13N3. The normalized spacial score (nSPS) is 9.90. The molecule has 0 fully saturated rings. The van der Waals surface area contributed by atoms with E-state index in [1.165, 1.54) is 11.3 Å². The van der Waals surface area contributed by atoms with Crippen LogP contribution in [0.2, 0.25) is 0 Å². The highest BCUT2D eigenvalue weighted by molar-refractivity contribution is 5.44. The Balaban J connectivity index is 2.97. The summed E-state index contributed by atoms with van der Waals surface area (Å²) in [6.07, 6.45) is 1.01. The minimum absolute atomic E-state index is 0.955. The number of rotatable bonds is 2. The zero-order valence-electron chi connectivity index (χ0n) is 6.65. The molecule has 2 N–H and O–H groups in total. The Hall–Kier alpha value is -0.990. The van der Waals surface area contributed by atoms with Gasteiger partial charge in [0.25, 0.3) is 0 Å². The van der Waals surface area contributed by atoms with Gasteiger partial charge in [-0.1, -0.05) is 6.92 Å². The van der Waals surface area contributed by atoms with E-state index in [-0.39, 0.29) is 0 Å². The highest BCUT2D eigenvalue weighted by atomic mass is 15.2. The first-order valence-corrected chi connectivity index (χ1v) is 3.51. The van der Waals surface area contributed by atoms with E-state index in [2.05, 4.69) is 29.4 Å². The van der Waals surface area contributed by atoms with Gasteiger partial charge in [-0.2, -0.15) is 5.10 Å². The van der Waals surface area contributed by atoms with Gasteiger partial charge in [0.2, 0.25) is 0 Å². The van der Waals surface area contributed by atoms with Crippen LogP contribution in [-0.4, -0.2) is 17.2 Å². The van der Waals surface area contributed by atoms with E-state index in [9.17, 15) is 0 Å². The zero-order valence-corrected chi connectivity index (χ0v) is 6.65. The number of nitrogens with one attached hydrogen (secondary N) is 2. The molecule has 0 aliphatic carbocycles. The van der Waals surface area contributed by atoms with Crippen molar-refractivity contribution in [3.05, 3.63) is 11.3 Å². The number of anilines is 1. The Kier molecular flexibility index (Phi) is 1.94. The molecule has 0 atom stereocenters. The van der Waals surface area contributed by atoms with Crippen LogP contribution in [0.4, 0.5) is 5.82 Å². The Morgan fingerprint density at radius 3 is 2.60 bits per heavy atom. The number of aryl methyl sites for hydroxylation is 1. The van der Waals surface area contributed by atoms with Crippen LogP contribution in [0.5, 0.6) is 0 Å². The predicted molar refractivity (Wildman–Crippen MR) is 42.2 cm³/mol. The fourth-order valence-corrected chi connectivity index (χ4v) is 1.02. The van der Waals surface area contributed by atoms with Crippen molar-refractivity contribution in [1.29, 1.82) is 0 Å². The number of hydrogen-bond donors (Lipinski definition) is 2. The smallest absolute Gasteiger partial charge is 0.150 e. The van der Waals surface area contributed by atoms with Crippen LogP contribution in [-0.2, 0) is 6.42 Å². The molecule has 0 spiro atoms. The lowest BCUT2D eigenvalue weighted by Gasteiger charge is -1.94. The van der Waals surface area contributed by atoms with Gasteiger partial charge in [0, 0.05) is 18.3 Å². The molecule has 1 aromatic heterocycles. The number of H-pyrrole nitrogens is 1. The van der Waals surface area contributed by atoms with Crippen molar-refractivity contribution >= 4 is 5.82 Å². The summed E-state index contributed by atoms with van der Waals surface area (Å²) in [7, 11) is 1.88. The number of hydrogen-bond acceptors (Lipinski definition) is 2. The van der Waals surface area contributed by atoms with Crippen LogP contribution in [0.15, 0.2) is 0 Å². The minimum atomic E-state index is 0.955. The molecule has 0 radical (unpaired) electrons. The second kappa shape index (κ2) is 2.73. The van der Waals surface area contributed by atoms with Crippen molar-refractivity contribution in [3.63, 3.8) is 0 Å². The number of aromatic amines is 1. The quantitative estimate of drug-likeness (QED) is 0.648. The van der Waals surface area contributed by atoms with E-state index in [1.54, 1.807) is 0 Å². The Morgan fingerprint density at radius 2 is 2.30 bits per heavy atom. The van der Waals surface area contributed by atoms with E-state index in [1.807, 2.05) is 7.05 Å². The summed E-state index contributed by atoms with van der Waals surface area (Å²) in [6.45, 7) is 4.17. The van der Waals surface area contributed by atoms with Gasteiger partial charge in [-0.25, -0.2) is 0 Å². The Bertz CT molecular complexity index is 193. The summed E-state index contributed by atoms with van der Waals surface area (Å²) < 4.78 is 0. The van der Waals surface area contributed by atoms with Crippen molar-refractivity contribution < 1.29 is 0 Å². The molecule has 0 aromatic carbocycles. The molecular weight excluding hydrogens is 126 g/mol. The maximum absolute atomic E-state index is 4.07. The standard InChI is InChI=1S/C7H13N3/c1-4-6-5(2)7(8-3)10-9-6/h4H2,1-3H3,(H2,8,9,10). The molecule has 0 aliphatic heterocycles. The second-order valence-corrected chi connectivity index (χ2v) is 2.28. The molecule has 0 aliphatic rings. The maximum Gasteiger partial charge on any atom is 0.150 e. The summed E-state index contributed by atoms with van der Waals surface area (Å²) in [4.78, 5) is 0. The van der Waals surface area contributed by atoms with Crippen molar-refractivity contribution in [3.8, 4) is 0 Å². The summed E-state index contributed by atoms with van der Waals surface area (Å²) in [6, 6.07) is 0. The van der Waals surface area contributed by atoms with Gasteiger partial charge in [-0.3, -0.25) is 5.10 Å². The molecule has 0 saturated heterocycles. The third kappa shape index (κ3) is 0.988. The fourth-order valence-electron chi connectivity index (χ4n) is 1.02. The van der Waals surface area contributed by atoms with Gasteiger partial charge in [-0.05, 0) is 13.3 Å². The second-order valence-electron chi connectivity index (χ2n) is 2.28. The highest BCUT2D eigenvalue weighted by Gasteiger charge is 2.03. The first-order valence-electron chi connectivity index (χ1n) is 3.51. The highest BCUT2D eigenvalue weighted by Crippen LogP contribution is 2.13. The number of nitrogens with zero attached hydrogens (tertiary/aromatic N) is 1. The molecule has 56 valence electrons. The molecule has 0 amide bonds. The molecule has 0 bridgehead atoms. The third-order valence-corrected chi connectivity index (χ3v) is 1.70. The summed E-state index contributed by atoms with van der Waals surface area (Å²) >= 11 is 0. The van der Waals surface area contributed by atoms with Crippen molar-refractivity contribution in [2.75, 3.05) is 12.4 Å². The van der Waals surface area contributed by atoms with Gasteiger partial charge in [0.15, 0.2) is 5.82 Å². The SMILES string of the molecule is CCc1[nH]nc(NC)c1C. The van der Waals surface area contributed by atoms with Gasteiger partial charge in [0.1, 0.15) is 0 Å². The molecule has 3 nitrogen and oxygen atoms in total. The first-order chi connectivity index (χ1) is 4.79. The van der Waals surface area contributed by atoms with Crippen LogP contribution in [0.3, 0.4) is 0 Å². The van der Waals surface area contributed by atoms with Crippen molar-refractivity contribution in [1.82, 2.24) is 10.2 Å². The van der Waals surface area contributed by atoms with E-state index in [0.29, 0.717) is 0 Å². The predicted octanol–water partition coefficient (Wildman–Crippen LogP) is 1.32. The molecule has 0 unspecified atom stereocenters. The van der Waals surface area contributed by atoms with Gasteiger partial charge < -0.3 is 5.32 Å². The summed E-state index contributed by atoms with van der Waals surface area (Å²) in [5.74, 6) is 0.955. The Labute approximate surface area is 60.8 Å². The summed E-state index contributed by atoms with van der Waals surface area (Å²) in [5, 5.41) is 10.0. The molecule has 1 aromatic rings. The largest absolute Gasteiger partial charge is 0.371 e. The maximum atomic E-state index is 4.07. The van der Waals surface area contributed by atoms with E-state index < -0.39 is 0 Å². The topological polar surface area (TPSA) is 40.7 Å². The number of aromatic nitrogens is 2. The monoisotopic (exact) mass is 139 g/mol. The molecule has 0 saturated carbocycles. The zero-order chi connectivity index (χ0) is 7.56. The first kappa shape index (κ1) is 7.12. The summed E-state index contributed by atoms with van der Waals surface area (Å²) in [5.41, 5.74) is 2.44. The van der Waals surface area contributed by atoms with E-state index >= 15 is 0 Å². The van der Waals surface area contributed by atoms with Crippen LogP contribution in [0.25, 0.3) is 0 Å². The van der Waals surface area contributed by atoms with Crippen LogP contribution < -0.4 is 5.32 Å². The van der Waals surface area contributed by atoms with Crippen molar-refractivity contribution in [2.24, 2.45) is 0 Å². The van der Waals surface area contributed by atoms with Gasteiger partial charge >= 0.3 is 0 Å². The Morgan fingerprint density at radius 1 is 1.60 bits per heavy atom.